The van der Waals surface area contributed by atoms with Gasteiger partial charge in [-0.05, 0) is 44.4 Å². The van der Waals surface area contributed by atoms with E-state index >= 15 is 0 Å². The second-order valence-corrected chi connectivity index (χ2v) is 5.83. The quantitative estimate of drug-likeness (QED) is 0.747. The third kappa shape index (κ3) is 4.90. The molecule has 118 valence electrons. The molecule has 1 aliphatic heterocycles. The smallest absolute Gasteiger partial charge is 0.143 e. The second-order valence-electron chi connectivity index (χ2n) is 5.83. The highest BCUT2D eigenvalue weighted by Gasteiger charge is 2.17. The van der Waals surface area contributed by atoms with Crippen molar-refractivity contribution in [2.24, 2.45) is 0 Å². The molecule has 4 nitrogen and oxygen atoms in total. The Bertz CT molecular complexity index is 429. The van der Waals surface area contributed by atoms with Gasteiger partial charge in [-0.25, -0.2) is 0 Å². The van der Waals surface area contributed by atoms with Gasteiger partial charge in [0.1, 0.15) is 5.75 Å². The van der Waals surface area contributed by atoms with Crippen molar-refractivity contribution in [2.75, 3.05) is 38.3 Å². The van der Waals surface area contributed by atoms with Gasteiger partial charge in [-0.3, -0.25) is 0 Å². The predicted octanol–water partition coefficient (Wildman–Crippen LogP) is 2.81. The van der Waals surface area contributed by atoms with E-state index in [9.17, 15) is 0 Å². The van der Waals surface area contributed by atoms with Gasteiger partial charge in [-0.1, -0.05) is 6.07 Å². The Morgan fingerprint density at radius 3 is 2.67 bits per heavy atom. The molecule has 0 amide bonds. The average Bonchev–Trinajstić information content (AvgIpc) is 2.97. The van der Waals surface area contributed by atoms with Crippen LogP contribution in [0.25, 0.3) is 0 Å². The topological polar surface area (TPSA) is 33.7 Å². The van der Waals surface area contributed by atoms with Crippen molar-refractivity contribution in [3.63, 3.8) is 0 Å². The summed E-state index contributed by atoms with van der Waals surface area (Å²) in [4.78, 5) is 2.43. The van der Waals surface area contributed by atoms with Crippen molar-refractivity contribution in [3.8, 4) is 5.75 Å². The number of hydrogen-bond acceptors (Lipinski definition) is 4. The molecular formula is C17H28N2O2. The highest BCUT2D eigenvalue weighted by Crippen LogP contribution is 2.32. The van der Waals surface area contributed by atoms with Crippen LogP contribution < -0.4 is 15.0 Å². The fourth-order valence-electron chi connectivity index (χ4n) is 2.64. The Morgan fingerprint density at radius 2 is 2.00 bits per heavy atom. The molecule has 1 aromatic carbocycles. The third-order valence-corrected chi connectivity index (χ3v) is 3.65. The second kappa shape index (κ2) is 8.25. The van der Waals surface area contributed by atoms with Crippen molar-refractivity contribution in [3.05, 3.63) is 23.8 Å². The number of hydrogen-bond donors (Lipinski definition) is 1. The van der Waals surface area contributed by atoms with E-state index in [0.29, 0.717) is 0 Å². The Morgan fingerprint density at radius 1 is 1.24 bits per heavy atom. The molecule has 0 saturated carbocycles. The Balaban J connectivity index is 2.06. The van der Waals surface area contributed by atoms with Crippen molar-refractivity contribution < 1.29 is 9.47 Å². The summed E-state index contributed by atoms with van der Waals surface area (Å²) in [5.74, 6) is 1.01. The molecule has 0 aliphatic carbocycles. The van der Waals surface area contributed by atoms with Gasteiger partial charge in [0.2, 0.25) is 0 Å². The first-order valence-corrected chi connectivity index (χ1v) is 7.95. The molecule has 1 aliphatic rings. The molecule has 0 bridgehead atoms. The molecule has 1 saturated heterocycles. The zero-order valence-electron chi connectivity index (χ0n) is 13.5. The monoisotopic (exact) mass is 292 g/mol. The summed E-state index contributed by atoms with van der Waals surface area (Å²) in [5, 5.41) is 3.38. The van der Waals surface area contributed by atoms with Gasteiger partial charge in [-0.15, -0.1) is 0 Å². The lowest BCUT2D eigenvalue weighted by Crippen LogP contribution is -2.21. The van der Waals surface area contributed by atoms with Gasteiger partial charge in [-0.2, -0.15) is 0 Å². The molecule has 0 radical (unpaired) electrons. The molecule has 0 aromatic heterocycles. The van der Waals surface area contributed by atoms with Crippen LogP contribution in [0.1, 0.15) is 32.3 Å². The minimum absolute atomic E-state index is 0.197. The highest BCUT2D eigenvalue weighted by atomic mass is 16.5. The summed E-state index contributed by atoms with van der Waals surface area (Å²) >= 11 is 0. The summed E-state index contributed by atoms with van der Waals surface area (Å²) in [6, 6.07) is 6.57. The van der Waals surface area contributed by atoms with E-state index in [1.54, 1.807) is 7.11 Å². The number of nitrogens with zero attached hydrogens (tertiary/aromatic N) is 1. The van der Waals surface area contributed by atoms with Gasteiger partial charge in [0.05, 0.1) is 18.4 Å². The number of rotatable bonds is 8. The minimum Gasteiger partial charge on any atom is -0.489 e. The Kier molecular flexibility index (Phi) is 6.33. The van der Waals surface area contributed by atoms with Gasteiger partial charge < -0.3 is 19.7 Å². The zero-order chi connectivity index (χ0) is 15.1. The molecule has 1 aromatic rings. The predicted molar refractivity (Wildman–Crippen MR) is 87.2 cm³/mol. The number of anilines is 1. The maximum Gasteiger partial charge on any atom is 0.143 e. The average molecular weight is 292 g/mol. The van der Waals surface area contributed by atoms with Crippen molar-refractivity contribution in [1.29, 1.82) is 0 Å². The molecule has 0 spiro atoms. The lowest BCUT2D eigenvalue weighted by atomic mass is 10.1. The van der Waals surface area contributed by atoms with Crippen LogP contribution in [0.5, 0.6) is 5.75 Å². The first-order chi connectivity index (χ1) is 10.2. The number of benzene rings is 1. The summed E-state index contributed by atoms with van der Waals surface area (Å²) in [7, 11) is 1.72. The van der Waals surface area contributed by atoms with Crippen molar-refractivity contribution in [1.82, 2.24) is 5.32 Å². The van der Waals surface area contributed by atoms with Crippen LogP contribution in [0, 0.1) is 0 Å². The highest BCUT2D eigenvalue weighted by molar-refractivity contribution is 5.60. The fraction of sp³-hybridized carbons (Fsp3) is 0.647. The van der Waals surface area contributed by atoms with Crippen LogP contribution in [-0.2, 0) is 11.3 Å². The van der Waals surface area contributed by atoms with E-state index in [2.05, 4.69) is 42.3 Å². The van der Waals surface area contributed by atoms with Gasteiger partial charge >= 0.3 is 0 Å². The SMILES string of the molecule is COCCNCc1ccc(N2CCCC2)c(OC(C)C)c1. The normalized spacial score (nSPS) is 15.0. The van der Waals surface area contributed by atoms with Gasteiger partial charge in [0.25, 0.3) is 0 Å². The maximum absolute atomic E-state index is 6.03. The summed E-state index contributed by atoms with van der Waals surface area (Å²) < 4.78 is 11.1. The first-order valence-electron chi connectivity index (χ1n) is 7.95. The molecule has 1 N–H and O–H groups in total. The van der Waals surface area contributed by atoms with Crippen LogP contribution in [0.4, 0.5) is 5.69 Å². The summed E-state index contributed by atoms with van der Waals surface area (Å²) in [6.45, 7) is 8.89. The summed E-state index contributed by atoms with van der Waals surface area (Å²) in [5.41, 5.74) is 2.49. The maximum atomic E-state index is 6.03. The van der Waals surface area contributed by atoms with Crippen LogP contribution in [0.15, 0.2) is 18.2 Å². The molecule has 0 atom stereocenters. The first kappa shape index (κ1) is 16.1. The minimum atomic E-state index is 0.197. The molecule has 21 heavy (non-hydrogen) atoms. The standard InChI is InChI=1S/C17H28N2O2/c1-14(2)21-17-12-15(13-18-8-11-20-3)6-7-16(17)19-9-4-5-10-19/h6-7,12,14,18H,4-5,8-11,13H2,1-3H3. The molecular weight excluding hydrogens is 264 g/mol. The van der Waals surface area contributed by atoms with Crippen LogP contribution >= 0.6 is 0 Å². The fourth-order valence-corrected chi connectivity index (χ4v) is 2.64. The Hall–Kier alpha value is -1.26. The van der Waals surface area contributed by atoms with Crippen molar-refractivity contribution >= 4 is 5.69 Å². The van der Waals surface area contributed by atoms with E-state index in [1.807, 2.05) is 0 Å². The van der Waals surface area contributed by atoms with Crippen molar-refractivity contribution in [2.45, 2.75) is 39.3 Å². The largest absolute Gasteiger partial charge is 0.489 e. The molecule has 2 rings (SSSR count). The van der Waals surface area contributed by atoms with Crippen LogP contribution in [0.3, 0.4) is 0 Å². The van der Waals surface area contributed by atoms with Crippen LogP contribution in [-0.4, -0.2) is 39.5 Å². The molecule has 1 fully saturated rings. The molecule has 4 heteroatoms. The van der Waals surface area contributed by atoms with Crippen LogP contribution in [0.2, 0.25) is 0 Å². The molecule has 0 unspecified atom stereocenters. The number of nitrogens with one attached hydrogen (secondary N) is 1. The lowest BCUT2D eigenvalue weighted by molar-refractivity contribution is 0.199. The zero-order valence-corrected chi connectivity index (χ0v) is 13.5. The summed E-state index contributed by atoms with van der Waals surface area (Å²) in [6.07, 6.45) is 2.76. The van der Waals surface area contributed by atoms with E-state index in [1.165, 1.54) is 24.1 Å². The van der Waals surface area contributed by atoms with E-state index in [-0.39, 0.29) is 6.10 Å². The number of methoxy groups -OCH3 is 1. The number of ether oxygens (including phenoxy) is 2. The Labute approximate surface area is 128 Å². The third-order valence-electron chi connectivity index (χ3n) is 3.65. The van der Waals surface area contributed by atoms with E-state index in [0.717, 1.165) is 38.5 Å². The lowest BCUT2D eigenvalue weighted by Gasteiger charge is -2.23. The van der Waals surface area contributed by atoms with E-state index < -0.39 is 0 Å². The van der Waals surface area contributed by atoms with Gasteiger partial charge in [0, 0.05) is 33.3 Å². The van der Waals surface area contributed by atoms with Gasteiger partial charge in [0.15, 0.2) is 0 Å². The molecule has 1 heterocycles. The van der Waals surface area contributed by atoms with E-state index in [4.69, 9.17) is 9.47 Å².